The van der Waals surface area contributed by atoms with E-state index in [2.05, 4.69) is 0 Å². The molecule has 0 fully saturated rings. The van der Waals surface area contributed by atoms with Gasteiger partial charge in [0.05, 0.1) is 6.10 Å². The molecule has 0 rings (SSSR count). The molecule has 0 unspecified atom stereocenters. The molecule has 0 radical (unpaired) electrons. The number of aliphatic hydroxyl groups excluding tert-OH is 1. The summed E-state index contributed by atoms with van der Waals surface area (Å²) in [5.41, 5.74) is 0. The molecule has 48 valence electrons. The molecule has 2 atom stereocenters. The molecule has 0 aliphatic heterocycles. The maximum atomic E-state index is 10.4. The molecule has 0 aliphatic rings. The summed E-state index contributed by atoms with van der Waals surface area (Å²) in [7, 11) is 0. The van der Waals surface area contributed by atoms with E-state index in [1.54, 1.807) is 13.8 Å². The van der Waals surface area contributed by atoms with Gasteiger partial charge in [-0.1, -0.05) is 6.92 Å². The second-order valence-corrected chi connectivity index (χ2v) is 2.14. The number of carbonyl (C=O) groups excluding carboxylic acids is 1. The van der Waals surface area contributed by atoms with E-state index < -0.39 is 6.10 Å². The average Bonchev–Trinajstić information content (AvgIpc) is 1.64. The van der Waals surface area contributed by atoms with Crippen LogP contribution in [0.1, 0.15) is 20.8 Å². The Bertz CT molecular complexity index is 86.5. The van der Waals surface area contributed by atoms with E-state index >= 15 is 0 Å². The summed E-state index contributed by atoms with van der Waals surface area (Å²) in [4.78, 5) is 10.4. The third-order valence-corrected chi connectivity index (χ3v) is 1.36. The van der Waals surface area contributed by atoms with Gasteiger partial charge in [0.15, 0.2) is 0 Å². The third-order valence-electron chi connectivity index (χ3n) is 1.36. The number of Topliss-reactive ketones (excluding diaryl/α,β-unsaturated/α-hetero) is 1. The predicted molar refractivity (Wildman–Crippen MR) is 31.5 cm³/mol. The molecular formula is C6H12O2. The molecule has 0 saturated heterocycles. The lowest BCUT2D eigenvalue weighted by Crippen LogP contribution is -2.19. The van der Waals surface area contributed by atoms with Crippen molar-refractivity contribution in [2.24, 2.45) is 5.92 Å². The van der Waals surface area contributed by atoms with Crippen molar-refractivity contribution in [2.75, 3.05) is 0 Å². The van der Waals surface area contributed by atoms with Gasteiger partial charge >= 0.3 is 0 Å². The lowest BCUT2D eigenvalue weighted by molar-refractivity contribution is -0.123. The van der Waals surface area contributed by atoms with Crippen LogP contribution in [0.15, 0.2) is 0 Å². The van der Waals surface area contributed by atoms with E-state index in [4.69, 9.17) is 5.11 Å². The van der Waals surface area contributed by atoms with Gasteiger partial charge in [-0.05, 0) is 13.8 Å². The molecule has 0 spiro atoms. The zero-order valence-corrected chi connectivity index (χ0v) is 5.51. The van der Waals surface area contributed by atoms with Gasteiger partial charge in [-0.15, -0.1) is 0 Å². The molecule has 0 heterocycles. The van der Waals surface area contributed by atoms with Crippen LogP contribution in [0.2, 0.25) is 0 Å². The molecule has 1 N–H and O–H groups in total. The highest BCUT2D eigenvalue weighted by molar-refractivity contribution is 5.78. The van der Waals surface area contributed by atoms with E-state index in [-0.39, 0.29) is 11.7 Å². The van der Waals surface area contributed by atoms with Gasteiger partial charge in [0.1, 0.15) is 5.78 Å². The molecule has 0 aromatic rings. The minimum absolute atomic E-state index is 0.0417. The number of hydrogen-bond donors (Lipinski definition) is 1. The Kier molecular flexibility index (Phi) is 2.69. The maximum absolute atomic E-state index is 10.4. The first-order valence-corrected chi connectivity index (χ1v) is 2.74. The first kappa shape index (κ1) is 7.63. The SMILES string of the molecule is CC(=O)[C@H](C)[C@@H](C)O. The Morgan fingerprint density at radius 2 is 1.88 bits per heavy atom. The Balaban J connectivity index is 3.64. The Hall–Kier alpha value is -0.370. The average molecular weight is 116 g/mol. The minimum atomic E-state index is -0.507. The summed E-state index contributed by atoms with van der Waals surface area (Å²) in [6.07, 6.45) is -0.507. The fourth-order valence-electron chi connectivity index (χ4n) is 0.340. The summed E-state index contributed by atoms with van der Waals surface area (Å²) in [6.45, 7) is 4.82. The highest BCUT2D eigenvalue weighted by Gasteiger charge is 2.12. The molecule has 0 amide bonds. The quantitative estimate of drug-likeness (QED) is 0.573. The van der Waals surface area contributed by atoms with Crippen LogP contribution >= 0.6 is 0 Å². The summed E-state index contributed by atoms with van der Waals surface area (Å²) < 4.78 is 0. The largest absolute Gasteiger partial charge is 0.393 e. The molecule has 0 aromatic heterocycles. The van der Waals surface area contributed by atoms with Crippen LogP contribution in [0.3, 0.4) is 0 Å². The van der Waals surface area contributed by atoms with Gasteiger partial charge in [-0.2, -0.15) is 0 Å². The fraction of sp³-hybridized carbons (Fsp3) is 0.833. The Labute approximate surface area is 49.5 Å². The fourth-order valence-corrected chi connectivity index (χ4v) is 0.340. The van der Waals surface area contributed by atoms with E-state index in [9.17, 15) is 4.79 Å². The van der Waals surface area contributed by atoms with Crippen molar-refractivity contribution in [3.8, 4) is 0 Å². The molecule has 2 nitrogen and oxygen atoms in total. The summed E-state index contributed by atoms with van der Waals surface area (Å²) >= 11 is 0. The van der Waals surface area contributed by atoms with E-state index in [0.29, 0.717) is 0 Å². The topological polar surface area (TPSA) is 37.3 Å². The molecule has 2 heteroatoms. The smallest absolute Gasteiger partial charge is 0.135 e. The van der Waals surface area contributed by atoms with Gasteiger partial charge in [-0.25, -0.2) is 0 Å². The van der Waals surface area contributed by atoms with Crippen molar-refractivity contribution in [1.82, 2.24) is 0 Å². The van der Waals surface area contributed by atoms with Crippen molar-refractivity contribution < 1.29 is 9.90 Å². The van der Waals surface area contributed by atoms with Crippen LogP contribution in [0.4, 0.5) is 0 Å². The molecule has 0 bridgehead atoms. The number of aliphatic hydroxyl groups is 1. The van der Waals surface area contributed by atoms with E-state index in [0.717, 1.165) is 0 Å². The normalized spacial score (nSPS) is 17.5. The van der Waals surface area contributed by atoms with Gasteiger partial charge in [0, 0.05) is 5.92 Å². The molecule has 0 aliphatic carbocycles. The second kappa shape index (κ2) is 2.82. The first-order chi connectivity index (χ1) is 3.55. The number of rotatable bonds is 2. The van der Waals surface area contributed by atoms with Gasteiger partial charge < -0.3 is 5.11 Å². The number of carbonyl (C=O) groups is 1. The van der Waals surface area contributed by atoms with Crippen molar-refractivity contribution in [1.29, 1.82) is 0 Å². The molecule has 0 aromatic carbocycles. The lowest BCUT2D eigenvalue weighted by Gasteiger charge is -2.08. The number of ketones is 1. The number of hydrogen-bond acceptors (Lipinski definition) is 2. The monoisotopic (exact) mass is 116 g/mol. The lowest BCUT2D eigenvalue weighted by atomic mass is 10.0. The molecule has 0 saturated carbocycles. The van der Waals surface area contributed by atoms with Gasteiger partial charge in [0.25, 0.3) is 0 Å². The third kappa shape index (κ3) is 2.07. The highest BCUT2D eigenvalue weighted by atomic mass is 16.3. The first-order valence-electron chi connectivity index (χ1n) is 2.74. The van der Waals surface area contributed by atoms with E-state index in [1.807, 2.05) is 0 Å². The van der Waals surface area contributed by atoms with Crippen LogP contribution in [0, 0.1) is 5.92 Å². The maximum Gasteiger partial charge on any atom is 0.135 e. The summed E-state index contributed by atoms with van der Waals surface area (Å²) in [5, 5.41) is 8.77. The summed E-state index contributed by atoms with van der Waals surface area (Å²) in [6, 6.07) is 0. The van der Waals surface area contributed by atoms with Crippen LogP contribution in [0.5, 0.6) is 0 Å². The van der Waals surface area contributed by atoms with Crippen LogP contribution in [-0.2, 0) is 4.79 Å². The second-order valence-electron chi connectivity index (χ2n) is 2.14. The summed E-state index contributed by atoms with van der Waals surface area (Å²) in [5.74, 6) is -0.171. The van der Waals surface area contributed by atoms with Gasteiger partial charge in [-0.3, -0.25) is 4.79 Å². The van der Waals surface area contributed by atoms with Crippen LogP contribution in [-0.4, -0.2) is 17.0 Å². The van der Waals surface area contributed by atoms with Crippen molar-refractivity contribution >= 4 is 5.78 Å². The van der Waals surface area contributed by atoms with Crippen molar-refractivity contribution in [3.63, 3.8) is 0 Å². The highest BCUT2D eigenvalue weighted by Crippen LogP contribution is 2.01. The zero-order valence-electron chi connectivity index (χ0n) is 5.51. The standard InChI is InChI=1S/C6H12O2/c1-4(5(2)7)6(3)8/h4-5,7H,1-3H3/t4-,5-/m1/s1. The van der Waals surface area contributed by atoms with Crippen molar-refractivity contribution in [3.05, 3.63) is 0 Å². The van der Waals surface area contributed by atoms with Crippen molar-refractivity contribution in [2.45, 2.75) is 26.9 Å². The Morgan fingerprint density at radius 3 is 1.88 bits per heavy atom. The molecule has 8 heavy (non-hydrogen) atoms. The molecular weight excluding hydrogens is 104 g/mol. The van der Waals surface area contributed by atoms with Gasteiger partial charge in [0.2, 0.25) is 0 Å². The van der Waals surface area contributed by atoms with Crippen LogP contribution < -0.4 is 0 Å². The van der Waals surface area contributed by atoms with Crippen LogP contribution in [0.25, 0.3) is 0 Å². The minimum Gasteiger partial charge on any atom is -0.393 e. The Morgan fingerprint density at radius 1 is 1.50 bits per heavy atom. The predicted octanol–water partition coefficient (Wildman–Crippen LogP) is 0.592. The zero-order chi connectivity index (χ0) is 6.73. The van der Waals surface area contributed by atoms with E-state index in [1.165, 1.54) is 6.92 Å².